The molecule has 4 N–H and O–H groups in total. The predicted molar refractivity (Wildman–Crippen MR) is 75.9 cm³/mol. The van der Waals surface area contributed by atoms with Crippen LogP contribution in [-0.4, -0.2) is 34.2 Å². The van der Waals surface area contributed by atoms with Crippen LogP contribution >= 0.6 is 11.8 Å². The number of nitrogens with two attached hydrogens (primary N) is 1. The summed E-state index contributed by atoms with van der Waals surface area (Å²) in [5.74, 6) is 0. The average Bonchev–Trinajstić information content (AvgIpc) is 2.71. The van der Waals surface area contributed by atoms with E-state index >= 15 is 0 Å². The van der Waals surface area contributed by atoms with Gasteiger partial charge in [-0.1, -0.05) is 0 Å². The second-order valence-electron chi connectivity index (χ2n) is 4.14. The fourth-order valence-electron chi connectivity index (χ4n) is 1.73. The lowest BCUT2D eigenvalue weighted by Crippen LogP contribution is -2.31. The van der Waals surface area contributed by atoms with Gasteiger partial charge in [-0.15, -0.1) is 0 Å². The smallest absolute Gasteiger partial charge is 0.295 e. The summed E-state index contributed by atoms with van der Waals surface area (Å²) in [5, 5.41) is 12.5. The number of benzene rings is 1. The molecule has 2 atom stereocenters. The van der Waals surface area contributed by atoms with Crippen LogP contribution in [0.1, 0.15) is 6.92 Å². The van der Waals surface area contributed by atoms with Crippen molar-refractivity contribution in [3.63, 3.8) is 0 Å². The minimum atomic E-state index is 0.0652. The highest BCUT2D eigenvalue weighted by molar-refractivity contribution is 7.99. The van der Waals surface area contributed by atoms with Gasteiger partial charge in [0.2, 0.25) is 0 Å². The van der Waals surface area contributed by atoms with Crippen molar-refractivity contribution in [2.45, 2.75) is 18.2 Å². The van der Waals surface area contributed by atoms with Gasteiger partial charge in [0, 0.05) is 23.0 Å². The Balaban J connectivity index is 2.16. The fraction of sp³-hybridized carbons (Fsp3) is 0.417. The SMILES string of the molecule is CSC(CO)C(C)Nc1nc2ccc(N)cc2o1. The van der Waals surface area contributed by atoms with Gasteiger partial charge < -0.3 is 20.6 Å². The lowest BCUT2D eigenvalue weighted by Gasteiger charge is -2.19. The van der Waals surface area contributed by atoms with E-state index < -0.39 is 0 Å². The van der Waals surface area contributed by atoms with Crippen LogP contribution in [0.3, 0.4) is 0 Å². The van der Waals surface area contributed by atoms with Gasteiger partial charge >= 0.3 is 0 Å². The van der Waals surface area contributed by atoms with E-state index in [2.05, 4.69) is 10.3 Å². The van der Waals surface area contributed by atoms with Crippen molar-refractivity contribution >= 4 is 34.6 Å². The molecule has 0 bridgehead atoms. The number of aliphatic hydroxyl groups is 1. The van der Waals surface area contributed by atoms with E-state index in [1.807, 2.05) is 19.2 Å². The van der Waals surface area contributed by atoms with Crippen molar-refractivity contribution in [3.05, 3.63) is 18.2 Å². The zero-order chi connectivity index (χ0) is 13.1. The van der Waals surface area contributed by atoms with Crippen molar-refractivity contribution in [1.82, 2.24) is 4.98 Å². The first-order valence-corrected chi connectivity index (χ1v) is 6.99. The minimum absolute atomic E-state index is 0.0652. The molecule has 0 aliphatic rings. The number of aliphatic hydroxyl groups excluding tert-OH is 1. The number of nitrogen functional groups attached to an aromatic ring is 1. The topological polar surface area (TPSA) is 84.3 Å². The molecule has 2 unspecified atom stereocenters. The fourth-order valence-corrected chi connectivity index (χ4v) is 2.35. The molecule has 0 radical (unpaired) electrons. The molecule has 0 saturated heterocycles. The number of oxazole rings is 1. The summed E-state index contributed by atoms with van der Waals surface area (Å²) in [5.41, 5.74) is 7.76. The van der Waals surface area contributed by atoms with Crippen molar-refractivity contribution in [2.24, 2.45) is 0 Å². The summed E-state index contributed by atoms with van der Waals surface area (Å²) in [4.78, 5) is 4.32. The van der Waals surface area contributed by atoms with Gasteiger partial charge in [-0.3, -0.25) is 0 Å². The van der Waals surface area contributed by atoms with Crippen molar-refractivity contribution in [2.75, 3.05) is 23.9 Å². The third-order valence-electron chi connectivity index (χ3n) is 2.80. The number of nitrogens with zero attached hydrogens (tertiary/aromatic N) is 1. The lowest BCUT2D eigenvalue weighted by molar-refractivity contribution is 0.287. The van der Waals surface area contributed by atoms with E-state index in [0.29, 0.717) is 17.3 Å². The molecule has 0 spiro atoms. The normalized spacial score (nSPS) is 14.6. The van der Waals surface area contributed by atoms with Crippen LogP contribution in [0.15, 0.2) is 22.6 Å². The highest BCUT2D eigenvalue weighted by Crippen LogP contribution is 2.23. The molecule has 1 heterocycles. The first-order chi connectivity index (χ1) is 8.63. The van der Waals surface area contributed by atoms with E-state index in [9.17, 15) is 5.11 Å². The first kappa shape index (κ1) is 13.0. The van der Waals surface area contributed by atoms with Gasteiger partial charge in [-0.05, 0) is 25.3 Å². The number of rotatable bonds is 5. The molecular weight excluding hydrogens is 250 g/mol. The number of aromatic nitrogens is 1. The van der Waals surface area contributed by atoms with E-state index in [1.165, 1.54) is 0 Å². The van der Waals surface area contributed by atoms with Crippen LogP contribution < -0.4 is 11.1 Å². The number of hydrogen-bond donors (Lipinski definition) is 3. The molecule has 0 aliphatic heterocycles. The molecule has 1 aromatic heterocycles. The summed E-state index contributed by atoms with van der Waals surface area (Å²) >= 11 is 1.60. The number of fused-ring (bicyclic) bond motifs is 1. The zero-order valence-corrected chi connectivity index (χ0v) is 11.2. The molecule has 2 aromatic rings. The monoisotopic (exact) mass is 267 g/mol. The highest BCUT2D eigenvalue weighted by atomic mass is 32.2. The summed E-state index contributed by atoms with van der Waals surface area (Å²) in [7, 11) is 0. The van der Waals surface area contributed by atoms with Gasteiger partial charge in [-0.2, -0.15) is 16.7 Å². The molecule has 18 heavy (non-hydrogen) atoms. The first-order valence-electron chi connectivity index (χ1n) is 5.70. The molecular formula is C12H17N3O2S. The van der Waals surface area contributed by atoms with Gasteiger partial charge in [0.1, 0.15) is 5.52 Å². The number of hydrogen-bond acceptors (Lipinski definition) is 6. The zero-order valence-electron chi connectivity index (χ0n) is 10.4. The maximum Gasteiger partial charge on any atom is 0.295 e. The summed E-state index contributed by atoms with van der Waals surface area (Å²) in [6, 6.07) is 5.88. The van der Waals surface area contributed by atoms with Crippen molar-refractivity contribution in [3.8, 4) is 0 Å². The van der Waals surface area contributed by atoms with Crippen molar-refractivity contribution < 1.29 is 9.52 Å². The van der Waals surface area contributed by atoms with Crippen LogP contribution in [0.5, 0.6) is 0 Å². The summed E-state index contributed by atoms with van der Waals surface area (Å²) < 4.78 is 5.57. The average molecular weight is 267 g/mol. The minimum Gasteiger partial charge on any atom is -0.423 e. The third-order valence-corrected chi connectivity index (χ3v) is 3.97. The maximum atomic E-state index is 9.22. The molecule has 0 amide bonds. The highest BCUT2D eigenvalue weighted by Gasteiger charge is 2.17. The second-order valence-corrected chi connectivity index (χ2v) is 5.21. The van der Waals surface area contributed by atoms with Gasteiger partial charge in [0.25, 0.3) is 6.01 Å². The lowest BCUT2D eigenvalue weighted by atomic mass is 10.2. The van der Waals surface area contributed by atoms with Crippen LogP contribution in [0.2, 0.25) is 0 Å². The van der Waals surface area contributed by atoms with E-state index in [-0.39, 0.29) is 17.9 Å². The van der Waals surface area contributed by atoms with Gasteiger partial charge in [0.05, 0.1) is 6.61 Å². The second kappa shape index (κ2) is 5.49. The number of nitrogens with one attached hydrogen (secondary N) is 1. The Morgan fingerprint density at radius 2 is 2.33 bits per heavy atom. The van der Waals surface area contributed by atoms with Gasteiger partial charge in [0.15, 0.2) is 5.58 Å². The Labute approximate surface area is 110 Å². The molecule has 2 rings (SSSR count). The molecule has 0 saturated carbocycles. The Morgan fingerprint density at radius 3 is 3.00 bits per heavy atom. The Morgan fingerprint density at radius 1 is 1.56 bits per heavy atom. The summed E-state index contributed by atoms with van der Waals surface area (Å²) in [6.45, 7) is 2.10. The Kier molecular flexibility index (Phi) is 3.98. The molecule has 5 nitrogen and oxygen atoms in total. The summed E-state index contributed by atoms with van der Waals surface area (Å²) in [6.07, 6.45) is 1.96. The molecule has 98 valence electrons. The van der Waals surface area contributed by atoms with Gasteiger partial charge in [-0.25, -0.2) is 0 Å². The Hall–Kier alpha value is -1.40. The van der Waals surface area contributed by atoms with Crippen LogP contribution in [0.4, 0.5) is 11.7 Å². The van der Waals surface area contributed by atoms with Crippen LogP contribution in [-0.2, 0) is 0 Å². The molecule has 6 heteroatoms. The number of anilines is 2. The maximum absolute atomic E-state index is 9.22. The quantitative estimate of drug-likeness (QED) is 0.718. The molecule has 1 aromatic carbocycles. The number of thioether (sulfide) groups is 1. The van der Waals surface area contributed by atoms with E-state index in [0.717, 1.165) is 5.52 Å². The molecule has 0 fully saturated rings. The predicted octanol–water partition coefficient (Wildman–Crippen LogP) is 1.93. The van der Waals surface area contributed by atoms with Crippen LogP contribution in [0, 0.1) is 0 Å². The molecule has 0 aliphatic carbocycles. The van der Waals surface area contributed by atoms with E-state index in [4.69, 9.17) is 10.2 Å². The third kappa shape index (κ3) is 2.70. The largest absolute Gasteiger partial charge is 0.423 e. The van der Waals surface area contributed by atoms with Crippen LogP contribution in [0.25, 0.3) is 11.1 Å². The van der Waals surface area contributed by atoms with Crippen molar-refractivity contribution in [1.29, 1.82) is 0 Å². The Bertz CT molecular complexity index is 525. The standard InChI is InChI=1S/C12H17N3O2S/c1-7(11(6-16)18-2)14-12-15-9-4-3-8(13)5-10(9)17-12/h3-5,7,11,16H,6,13H2,1-2H3,(H,14,15). The van der Waals surface area contributed by atoms with E-state index in [1.54, 1.807) is 23.9 Å².